The van der Waals surface area contributed by atoms with Gasteiger partial charge in [0, 0.05) is 15.5 Å². The van der Waals surface area contributed by atoms with E-state index in [1.165, 1.54) is 42.5 Å². The Balaban J connectivity index is 1.72. The van der Waals surface area contributed by atoms with Crippen LogP contribution in [-0.2, 0) is 17.5 Å². The van der Waals surface area contributed by atoms with Crippen molar-refractivity contribution in [2.24, 2.45) is 0 Å². The van der Waals surface area contributed by atoms with Crippen LogP contribution < -0.4 is 0 Å². The minimum atomic E-state index is -4.53. The number of thiophene rings is 1. The van der Waals surface area contributed by atoms with Gasteiger partial charge in [-0.05, 0) is 53.9 Å². The maximum Gasteiger partial charge on any atom is 0.416 e. The van der Waals surface area contributed by atoms with E-state index < -0.39 is 29.7 Å². The number of benzene rings is 2. The molecule has 36 heavy (non-hydrogen) atoms. The highest BCUT2D eigenvalue weighted by molar-refractivity contribution is 7.10. The Hall–Kier alpha value is -3.27. The summed E-state index contributed by atoms with van der Waals surface area (Å²) in [7, 11) is 0. The molecule has 0 radical (unpaired) electrons. The number of carbonyl (C=O) groups is 2. The molecular weight excluding hydrogens is 538 g/mol. The van der Waals surface area contributed by atoms with Gasteiger partial charge in [-0.15, -0.1) is 11.3 Å². The number of furan rings is 1. The number of halogens is 5. The molecular formula is C25H16Cl2F3NO4S. The van der Waals surface area contributed by atoms with E-state index >= 15 is 0 Å². The smallest absolute Gasteiger partial charge is 0.416 e. The van der Waals surface area contributed by atoms with E-state index in [4.69, 9.17) is 27.6 Å². The fourth-order valence-corrected chi connectivity index (χ4v) is 4.91. The maximum absolute atomic E-state index is 13.5. The van der Waals surface area contributed by atoms with Gasteiger partial charge >= 0.3 is 12.1 Å². The first kappa shape index (κ1) is 25.8. The number of nitrogens with zero attached hydrogens (tertiary/aromatic N) is 1. The minimum absolute atomic E-state index is 0.0357. The second-order valence-electron chi connectivity index (χ2n) is 7.66. The van der Waals surface area contributed by atoms with E-state index in [-0.39, 0.29) is 34.2 Å². The monoisotopic (exact) mass is 553 g/mol. The van der Waals surface area contributed by atoms with E-state index in [9.17, 15) is 27.9 Å². The third-order valence-electron chi connectivity index (χ3n) is 5.24. The van der Waals surface area contributed by atoms with Crippen LogP contribution in [0.5, 0.6) is 0 Å². The van der Waals surface area contributed by atoms with Gasteiger partial charge in [0.1, 0.15) is 11.5 Å². The van der Waals surface area contributed by atoms with Gasteiger partial charge < -0.3 is 14.4 Å². The lowest BCUT2D eigenvalue weighted by molar-refractivity contribution is -0.142. The Labute approximate surface area is 217 Å². The lowest BCUT2D eigenvalue weighted by atomic mass is 10.1. The second-order valence-corrected chi connectivity index (χ2v) is 9.48. The predicted octanol–water partition coefficient (Wildman–Crippen LogP) is 7.80. The molecule has 1 amide bonds. The largest absolute Gasteiger partial charge is 0.479 e. The molecule has 0 fully saturated rings. The average molecular weight is 554 g/mol. The Morgan fingerprint density at radius 1 is 1.03 bits per heavy atom. The number of carboxylic acid groups (broad SMARTS) is 1. The van der Waals surface area contributed by atoms with Crippen molar-refractivity contribution in [1.82, 2.24) is 4.90 Å². The van der Waals surface area contributed by atoms with Crippen LogP contribution in [0.3, 0.4) is 0 Å². The molecule has 2 heterocycles. The lowest BCUT2D eigenvalue weighted by Gasteiger charge is -2.28. The molecule has 1 N–H and O–H groups in total. The number of aliphatic carboxylic acids is 1. The van der Waals surface area contributed by atoms with Crippen molar-refractivity contribution < 1.29 is 32.3 Å². The van der Waals surface area contributed by atoms with Gasteiger partial charge in [0.15, 0.2) is 6.04 Å². The Bertz CT molecular complexity index is 1400. The third kappa shape index (κ3) is 5.59. The summed E-state index contributed by atoms with van der Waals surface area (Å²) in [5.74, 6) is -1.66. The molecule has 1 unspecified atom stereocenters. The zero-order valence-electron chi connectivity index (χ0n) is 18.1. The van der Waals surface area contributed by atoms with E-state index in [1.54, 1.807) is 17.5 Å². The molecule has 5 nitrogen and oxygen atoms in total. The molecule has 4 rings (SSSR count). The van der Waals surface area contributed by atoms with Crippen LogP contribution in [0, 0.1) is 0 Å². The van der Waals surface area contributed by atoms with Crippen LogP contribution in [0.2, 0.25) is 10.0 Å². The molecule has 0 bridgehead atoms. The molecule has 11 heteroatoms. The zero-order valence-corrected chi connectivity index (χ0v) is 20.5. The Morgan fingerprint density at radius 3 is 2.44 bits per heavy atom. The van der Waals surface area contributed by atoms with Gasteiger partial charge in [-0.25, -0.2) is 4.79 Å². The van der Waals surface area contributed by atoms with Crippen molar-refractivity contribution in [3.05, 3.63) is 104 Å². The van der Waals surface area contributed by atoms with Gasteiger partial charge in [-0.2, -0.15) is 13.2 Å². The molecule has 0 aliphatic carbocycles. The summed E-state index contributed by atoms with van der Waals surface area (Å²) >= 11 is 13.3. The average Bonchev–Trinajstić information content (AvgIpc) is 3.50. The Morgan fingerprint density at radius 2 is 1.81 bits per heavy atom. The SMILES string of the molecule is O=C(O)C(c1cccs1)N(Cc1ccc(-c2cccc(C(F)(F)F)c2)o1)C(=O)c1ccc(Cl)cc1Cl. The topological polar surface area (TPSA) is 70.8 Å². The van der Waals surface area contributed by atoms with Crippen LogP contribution in [0.4, 0.5) is 13.2 Å². The molecule has 0 aliphatic heterocycles. The van der Waals surface area contributed by atoms with Crippen LogP contribution in [-0.4, -0.2) is 21.9 Å². The van der Waals surface area contributed by atoms with E-state index in [2.05, 4.69) is 0 Å². The summed E-state index contributed by atoms with van der Waals surface area (Å²) in [5.41, 5.74) is -0.618. The van der Waals surface area contributed by atoms with E-state index in [1.807, 2.05) is 0 Å². The minimum Gasteiger partial charge on any atom is -0.479 e. The van der Waals surface area contributed by atoms with Gasteiger partial charge in [0.05, 0.1) is 22.7 Å². The molecule has 0 saturated heterocycles. The number of amides is 1. The highest BCUT2D eigenvalue weighted by Crippen LogP contribution is 2.34. The maximum atomic E-state index is 13.5. The van der Waals surface area contributed by atoms with Gasteiger partial charge in [0.25, 0.3) is 5.91 Å². The zero-order chi connectivity index (χ0) is 26.0. The number of carboxylic acids is 1. The molecule has 1 atom stereocenters. The number of carbonyl (C=O) groups excluding carboxylic acids is 1. The fourth-order valence-electron chi connectivity index (χ4n) is 3.59. The molecule has 2 aromatic heterocycles. The summed E-state index contributed by atoms with van der Waals surface area (Å²) in [6, 6.07) is 13.6. The number of alkyl halides is 3. The van der Waals surface area contributed by atoms with Crippen molar-refractivity contribution >= 4 is 46.4 Å². The first-order chi connectivity index (χ1) is 17.0. The van der Waals surface area contributed by atoms with Crippen LogP contribution in [0.15, 0.2) is 76.5 Å². The quantitative estimate of drug-likeness (QED) is 0.253. The van der Waals surface area contributed by atoms with Gasteiger partial charge in [0.2, 0.25) is 0 Å². The summed E-state index contributed by atoms with van der Waals surface area (Å²) in [6.07, 6.45) is -4.53. The van der Waals surface area contributed by atoms with Crippen molar-refractivity contribution in [3.63, 3.8) is 0 Å². The van der Waals surface area contributed by atoms with Gasteiger partial charge in [-0.3, -0.25) is 4.79 Å². The van der Waals surface area contributed by atoms with Crippen molar-refractivity contribution in [2.45, 2.75) is 18.8 Å². The molecule has 0 saturated carbocycles. The van der Waals surface area contributed by atoms with Crippen molar-refractivity contribution in [3.8, 4) is 11.3 Å². The first-order valence-corrected chi connectivity index (χ1v) is 12.0. The second kappa shape index (κ2) is 10.4. The molecule has 2 aromatic carbocycles. The standard InChI is InChI=1S/C25H16Cl2F3NO4S/c26-16-6-8-18(19(27)12-16)23(32)31(22(24(33)34)21-5-2-10-36-21)13-17-7-9-20(35-17)14-3-1-4-15(11-14)25(28,29)30/h1-12,22H,13H2,(H,33,34). The number of hydrogen-bond acceptors (Lipinski definition) is 4. The van der Waals surface area contributed by atoms with Crippen molar-refractivity contribution in [2.75, 3.05) is 0 Å². The molecule has 4 aromatic rings. The van der Waals surface area contributed by atoms with Crippen LogP contribution >= 0.6 is 34.5 Å². The first-order valence-electron chi connectivity index (χ1n) is 10.3. The van der Waals surface area contributed by atoms with Crippen LogP contribution in [0.1, 0.15) is 32.6 Å². The lowest BCUT2D eigenvalue weighted by Crippen LogP contribution is -2.38. The molecule has 186 valence electrons. The third-order valence-corrected chi connectivity index (χ3v) is 6.72. The Kier molecular flexibility index (Phi) is 7.44. The van der Waals surface area contributed by atoms with Gasteiger partial charge in [-0.1, -0.05) is 41.4 Å². The fraction of sp³-hybridized carbons (Fsp3) is 0.120. The van der Waals surface area contributed by atoms with E-state index in [0.29, 0.717) is 9.90 Å². The summed E-state index contributed by atoms with van der Waals surface area (Å²) in [4.78, 5) is 27.3. The highest BCUT2D eigenvalue weighted by atomic mass is 35.5. The highest BCUT2D eigenvalue weighted by Gasteiger charge is 2.35. The predicted molar refractivity (Wildman–Crippen MR) is 130 cm³/mol. The number of hydrogen-bond donors (Lipinski definition) is 1. The normalized spacial score (nSPS) is 12.4. The van der Waals surface area contributed by atoms with Crippen molar-refractivity contribution in [1.29, 1.82) is 0 Å². The van der Waals surface area contributed by atoms with Crippen LogP contribution in [0.25, 0.3) is 11.3 Å². The summed E-state index contributed by atoms with van der Waals surface area (Å²) in [6.45, 7) is -0.286. The molecule has 0 aliphatic rings. The molecule has 0 spiro atoms. The number of rotatable bonds is 7. The summed E-state index contributed by atoms with van der Waals surface area (Å²) < 4.78 is 45.1. The van der Waals surface area contributed by atoms with E-state index in [0.717, 1.165) is 28.4 Å². The summed E-state index contributed by atoms with van der Waals surface area (Å²) in [5, 5.41) is 12.0.